The van der Waals surface area contributed by atoms with Crippen LogP contribution in [-0.2, 0) is 9.53 Å². The average Bonchev–Trinajstić information content (AvgIpc) is 2.15. The molecule has 1 amide bonds. The van der Waals surface area contributed by atoms with Gasteiger partial charge in [-0.1, -0.05) is 0 Å². The molecular weight excluding hydrogens is 168 g/mol. The molecule has 76 valence electrons. The third-order valence-electron chi connectivity index (χ3n) is 2.14. The first-order valence-corrected chi connectivity index (χ1v) is 4.70. The van der Waals surface area contributed by atoms with Crippen LogP contribution in [-0.4, -0.2) is 62.7 Å². The molecule has 0 radical (unpaired) electrons. The summed E-state index contributed by atoms with van der Waals surface area (Å²) in [4.78, 5) is 15.5. The van der Waals surface area contributed by atoms with Gasteiger partial charge in [0.2, 0.25) is 5.91 Å². The summed E-state index contributed by atoms with van der Waals surface area (Å²) >= 11 is 0. The first kappa shape index (κ1) is 10.5. The van der Waals surface area contributed by atoms with Crippen LogP contribution in [0.4, 0.5) is 0 Å². The van der Waals surface area contributed by atoms with Crippen molar-refractivity contribution < 1.29 is 9.53 Å². The van der Waals surface area contributed by atoms with E-state index in [-0.39, 0.29) is 5.91 Å². The number of morpholine rings is 1. The second-order valence-corrected chi connectivity index (χ2v) is 3.55. The average molecular weight is 186 g/mol. The molecule has 13 heavy (non-hydrogen) atoms. The van der Waals surface area contributed by atoms with E-state index < -0.39 is 0 Å². The van der Waals surface area contributed by atoms with Crippen molar-refractivity contribution >= 4 is 5.91 Å². The van der Waals surface area contributed by atoms with Gasteiger partial charge in [0.05, 0.1) is 13.2 Å². The van der Waals surface area contributed by atoms with E-state index in [1.807, 2.05) is 23.9 Å². The summed E-state index contributed by atoms with van der Waals surface area (Å²) in [5, 5.41) is 0. The lowest BCUT2D eigenvalue weighted by molar-refractivity contribution is -0.135. The lowest BCUT2D eigenvalue weighted by Gasteiger charge is -2.27. The van der Waals surface area contributed by atoms with Gasteiger partial charge in [-0.3, -0.25) is 4.79 Å². The fourth-order valence-corrected chi connectivity index (χ4v) is 1.29. The Kier molecular flexibility index (Phi) is 4.18. The lowest BCUT2D eigenvalue weighted by atomic mass is 10.3. The summed E-state index contributed by atoms with van der Waals surface area (Å²) in [6.45, 7) is 3.72. The smallest absolute Gasteiger partial charge is 0.224 e. The van der Waals surface area contributed by atoms with E-state index in [4.69, 9.17) is 4.74 Å². The highest BCUT2D eigenvalue weighted by Gasteiger charge is 2.15. The molecule has 1 aliphatic rings. The predicted molar refractivity (Wildman–Crippen MR) is 50.6 cm³/mol. The van der Waals surface area contributed by atoms with Gasteiger partial charge in [0.1, 0.15) is 0 Å². The first-order chi connectivity index (χ1) is 6.20. The third kappa shape index (κ3) is 3.74. The molecule has 4 heteroatoms. The normalized spacial score (nSPS) is 17.9. The summed E-state index contributed by atoms with van der Waals surface area (Å²) in [6, 6.07) is 0. The minimum atomic E-state index is 0.247. The van der Waals surface area contributed by atoms with Crippen molar-refractivity contribution in [3.63, 3.8) is 0 Å². The van der Waals surface area contributed by atoms with Gasteiger partial charge < -0.3 is 14.5 Å². The summed E-state index contributed by atoms with van der Waals surface area (Å²) in [7, 11) is 3.96. The Labute approximate surface area is 79.4 Å². The Morgan fingerprint density at radius 3 is 2.54 bits per heavy atom. The van der Waals surface area contributed by atoms with Crippen LogP contribution in [0.2, 0.25) is 0 Å². The molecule has 1 saturated heterocycles. The fraction of sp³-hybridized carbons (Fsp3) is 0.889. The molecule has 1 fully saturated rings. The Bertz CT molecular complexity index is 165. The van der Waals surface area contributed by atoms with Crippen LogP contribution in [0.25, 0.3) is 0 Å². The molecule has 1 rings (SSSR count). The quantitative estimate of drug-likeness (QED) is 0.612. The van der Waals surface area contributed by atoms with Crippen LogP contribution in [0.15, 0.2) is 0 Å². The highest BCUT2D eigenvalue weighted by molar-refractivity contribution is 5.76. The highest BCUT2D eigenvalue weighted by Crippen LogP contribution is 2.00. The number of rotatable bonds is 3. The van der Waals surface area contributed by atoms with Gasteiger partial charge in [-0.2, -0.15) is 0 Å². The Hall–Kier alpha value is -0.610. The molecule has 0 atom stereocenters. The first-order valence-electron chi connectivity index (χ1n) is 4.70. The molecule has 0 spiro atoms. The zero-order valence-electron chi connectivity index (χ0n) is 8.45. The zero-order chi connectivity index (χ0) is 9.68. The standard InChI is InChI=1S/C9H18N2O2/c1-10(2)4-3-9(12)11-5-7-13-8-6-11/h3-8H2,1-2H3. The van der Waals surface area contributed by atoms with Crippen LogP contribution < -0.4 is 0 Å². The number of carbonyl (C=O) groups excluding carboxylic acids is 1. The maximum atomic E-state index is 11.5. The van der Waals surface area contributed by atoms with Gasteiger partial charge in [0.25, 0.3) is 0 Å². The molecule has 0 N–H and O–H groups in total. The van der Waals surface area contributed by atoms with Crippen LogP contribution >= 0.6 is 0 Å². The Balaban J connectivity index is 2.21. The van der Waals surface area contributed by atoms with E-state index in [2.05, 4.69) is 0 Å². The molecular formula is C9H18N2O2. The van der Waals surface area contributed by atoms with Gasteiger partial charge in [0.15, 0.2) is 0 Å². The van der Waals surface area contributed by atoms with Crippen LogP contribution in [0, 0.1) is 0 Å². The SMILES string of the molecule is CN(C)CCC(=O)N1CCOCC1. The van der Waals surface area contributed by atoms with E-state index >= 15 is 0 Å². The molecule has 0 saturated carbocycles. The van der Waals surface area contributed by atoms with E-state index in [1.165, 1.54) is 0 Å². The summed E-state index contributed by atoms with van der Waals surface area (Å²) in [5.41, 5.74) is 0. The second-order valence-electron chi connectivity index (χ2n) is 3.55. The largest absolute Gasteiger partial charge is 0.378 e. The maximum absolute atomic E-state index is 11.5. The highest BCUT2D eigenvalue weighted by atomic mass is 16.5. The van der Waals surface area contributed by atoms with E-state index in [0.717, 1.165) is 19.6 Å². The number of nitrogens with zero attached hydrogens (tertiary/aromatic N) is 2. The molecule has 0 aromatic heterocycles. The minimum absolute atomic E-state index is 0.247. The molecule has 0 aromatic carbocycles. The Morgan fingerprint density at radius 1 is 1.38 bits per heavy atom. The monoisotopic (exact) mass is 186 g/mol. The summed E-state index contributed by atoms with van der Waals surface area (Å²) in [6.07, 6.45) is 0.618. The van der Waals surface area contributed by atoms with Crippen molar-refractivity contribution in [2.24, 2.45) is 0 Å². The molecule has 4 nitrogen and oxygen atoms in total. The van der Waals surface area contributed by atoms with Crippen molar-refractivity contribution in [1.82, 2.24) is 9.80 Å². The third-order valence-corrected chi connectivity index (χ3v) is 2.14. The number of carbonyl (C=O) groups is 1. The van der Waals surface area contributed by atoms with Gasteiger partial charge in [-0.05, 0) is 14.1 Å². The molecule has 0 unspecified atom stereocenters. The van der Waals surface area contributed by atoms with Gasteiger partial charge in [-0.25, -0.2) is 0 Å². The van der Waals surface area contributed by atoms with Crippen molar-refractivity contribution in [3.8, 4) is 0 Å². The molecule has 0 aromatic rings. The van der Waals surface area contributed by atoms with Crippen molar-refractivity contribution in [1.29, 1.82) is 0 Å². The molecule has 0 bridgehead atoms. The predicted octanol–water partition coefficient (Wildman–Crippen LogP) is -0.203. The Morgan fingerprint density at radius 2 is 2.00 bits per heavy atom. The van der Waals surface area contributed by atoms with Gasteiger partial charge >= 0.3 is 0 Å². The maximum Gasteiger partial charge on any atom is 0.224 e. The van der Waals surface area contributed by atoms with Gasteiger partial charge in [-0.15, -0.1) is 0 Å². The number of hydrogen-bond acceptors (Lipinski definition) is 3. The summed E-state index contributed by atoms with van der Waals surface area (Å²) < 4.78 is 5.17. The fourth-order valence-electron chi connectivity index (χ4n) is 1.29. The molecule has 1 aliphatic heterocycles. The minimum Gasteiger partial charge on any atom is -0.378 e. The van der Waals surface area contributed by atoms with Crippen LogP contribution in [0.5, 0.6) is 0 Å². The van der Waals surface area contributed by atoms with E-state index in [1.54, 1.807) is 0 Å². The number of hydrogen-bond donors (Lipinski definition) is 0. The number of amides is 1. The van der Waals surface area contributed by atoms with E-state index in [0.29, 0.717) is 19.6 Å². The summed E-state index contributed by atoms with van der Waals surface area (Å²) in [5.74, 6) is 0.247. The van der Waals surface area contributed by atoms with Crippen molar-refractivity contribution in [3.05, 3.63) is 0 Å². The second kappa shape index (κ2) is 5.19. The molecule has 1 heterocycles. The molecule has 0 aliphatic carbocycles. The number of ether oxygens (including phenoxy) is 1. The van der Waals surface area contributed by atoms with Crippen molar-refractivity contribution in [2.75, 3.05) is 46.9 Å². The van der Waals surface area contributed by atoms with Gasteiger partial charge in [0, 0.05) is 26.1 Å². The van der Waals surface area contributed by atoms with Crippen LogP contribution in [0.1, 0.15) is 6.42 Å². The topological polar surface area (TPSA) is 32.8 Å². The zero-order valence-corrected chi connectivity index (χ0v) is 8.45. The van der Waals surface area contributed by atoms with E-state index in [9.17, 15) is 4.79 Å². The lowest BCUT2D eigenvalue weighted by Crippen LogP contribution is -2.41. The van der Waals surface area contributed by atoms with Crippen LogP contribution in [0.3, 0.4) is 0 Å². The van der Waals surface area contributed by atoms with Crippen molar-refractivity contribution in [2.45, 2.75) is 6.42 Å².